The number of hydrogen-bond acceptors (Lipinski definition) is 7. The molecular formula is C27H40N4O6. The summed E-state index contributed by atoms with van der Waals surface area (Å²) >= 11 is 0. The van der Waals surface area contributed by atoms with Crippen molar-refractivity contribution < 1.29 is 28.7 Å². The van der Waals surface area contributed by atoms with E-state index in [0.29, 0.717) is 38.8 Å². The van der Waals surface area contributed by atoms with E-state index in [1.54, 1.807) is 37.6 Å². The molecule has 10 heteroatoms. The van der Waals surface area contributed by atoms with Crippen molar-refractivity contribution in [1.29, 1.82) is 0 Å². The second-order valence-electron chi connectivity index (χ2n) is 9.58. The second kappa shape index (κ2) is 13.4. The quantitative estimate of drug-likeness (QED) is 0.455. The zero-order valence-electron chi connectivity index (χ0n) is 22.3. The number of carbonyl (C=O) groups excluding carboxylic acids is 4. The van der Waals surface area contributed by atoms with Crippen LogP contribution in [0.2, 0.25) is 0 Å². The normalized spacial score (nSPS) is 22.5. The number of nitrogens with zero attached hydrogens (tertiary/aromatic N) is 2. The zero-order valence-corrected chi connectivity index (χ0v) is 22.3. The molecular weight excluding hydrogens is 476 g/mol. The minimum atomic E-state index is -0.753. The number of aryl methyl sites for hydroxylation is 1. The SMILES string of the molecule is CCOC(=O)[C@H]1C[C@H]2CCN(C(=O)NC)C[C@@H]2N1C(=O)[C@@H](C)N[C@H](CCc1ccccc1)C(=O)OCC. The lowest BCUT2D eigenvalue weighted by atomic mass is 9.91. The predicted octanol–water partition coefficient (Wildman–Crippen LogP) is 1.72. The van der Waals surface area contributed by atoms with Crippen molar-refractivity contribution in [2.75, 3.05) is 33.4 Å². The third-order valence-electron chi connectivity index (χ3n) is 7.21. The van der Waals surface area contributed by atoms with E-state index in [1.807, 2.05) is 30.3 Å². The van der Waals surface area contributed by atoms with E-state index in [-0.39, 0.29) is 37.1 Å². The molecule has 2 N–H and O–H groups in total. The predicted molar refractivity (Wildman–Crippen MR) is 138 cm³/mol. The molecule has 2 saturated heterocycles. The van der Waals surface area contributed by atoms with Crippen LogP contribution in [0.15, 0.2) is 30.3 Å². The number of hydrogen-bond donors (Lipinski definition) is 2. The van der Waals surface area contributed by atoms with E-state index in [2.05, 4.69) is 10.6 Å². The van der Waals surface area contributed by atoms with Crippen molar-refractivity contribution in [3.63, 3.8) is 0 Å². The summed E-state index contributed by atoms with van der Waals surface area (Å²) in [6, 6.07) is 7.14. The van der Waals surface area contributed by atoms with Gasteiger partial charge in [0.05, 0.1) is 25.3 Å². The summed E-state index contributed by atoms with van der Waals surface area (Å²) in [5.41, 5.74) is 1.08. The third-order valence-corrected chi connectivity index (χ3v) is 7.21. The molecule has 3 amide bonds. The van der Waals surface area contributed by atoms with E-state index >= 15 is 0 Å². The van der Waals surface area contributed by atoms with Gasteiger partial charge in [0.15, 0.2) is 0 Å². The van der Waals surface area contributed by atoms with Crippen molar-refractivity contribution in [2.24, 2.45) is 5.92 Å². The van der Waals surface area contributed by atoms with E-state index in [9.17, 15) is 19.2 Å². The molecule has 0 saturated carbocycles. The largest absolute Gasteiger partial charge is 0.465 e. The first-order chi connectivity index (χ1) is 17.8. The molecule has 0 unspecified atom stereocenters. The maximum absolute atomic E-state index is 13.8. The van der Waals surface area contributed by atoms with Gasteiger partial charge >= 0.3 is 18.0 Å². The van der Waals surface area contributed by atoms with Crippen LogP contribution in [-0.2, 0) is 30.3 Å². The molecule has 0 bridgehead atoms. The standard InChI is InChI=1S/C27H40N4O6/c1-5-36-25(33)21(13-12-19-10-8-7-9-11-19)29-18(3)24(32)31-22(26(34)37-6-2)16-20-14-15-30(17-23(20)31)27(35)28-4/h7-11,18,20-23,29H,5-6,12-17H2,1-4H3,(H,28,35)/t18-,20-,21-,22-,23+/m1/s1. The van der Waals surface area contributed by atoms with Gasteiger partial charge in [-0.1, -0.05) is 30.3 Å². The third kappa shape index (κ3) is 7.00. The molecule has 0 radical (unpaired) electrons. The molecule has 0 spiro atoms. The van der Waals surface area contributed by atoms with Crippen molar-refractivity contribution in [3.05, 3.63) is 35.9 Å². The number of fused-ring (bicyclic) bond motifs is 1. The molecule has 2 fully saturated rings. The number of piperidine rings is 1. The first kappa shape index (κ1) is 28.4. The molecule has 3 rings (SSSR count). The number of esters is 2. The van der Waals surface area contributed by atoms with Crippen LogP contribution in [-0.4, -0.2) is 91.2 Å². The number of benzene rings is 1. The highest BCUT2D eigenvalue weighted by Crippen LogP contribution is 2.37. The van der Waals surface area contributed by atoms with Gasteiger partial charge in [0.2, 0.25) is 5.91 Å². The minimum absolute atomic E-state index is 0.0883. The summed E-state index contributed by atoms with van der Waals surface area (Å²) in [5.74, 6) is -1.05. The maximum Gasteiger partial charge on any atom is 0.328 e. The van der Waals surface area contributed by atoms with Gasteiger partial charge in [-0.3, -0.25) is 14.9 Å². The molecule has 2 heterocycles. The van der Waals surface area contributed by atoms with Crippen molar-refractivity contribution in [1.82, 2.24) is 20.4 Å². The topological polar surface area (TPSA) is 117 Å². The number of nitrogens with one attached hydrogen (secondary N) is 2. The van der Waals surface area contributed by atoms with Gasteiger partial charge in [-0.15, -0.1) is 0 Å². The van der Waals surface area contributed by atoms with Gasteiger partial charge in [0, 0.05) is 20.1 Å². The van der Waals surface area contributed by atoms with Gasteiger partial charge in [-0.2, -0.15) is 0 Å². The Morgan fingerprint density at radius 2 is 1.78 bits per heavy atom. The molecule has 2 aliphatic rings. The second-order valence-corrected chi connectivity index (χ2v) is 9.58. The van der Waals surface area contributed by atoms with Gasteiger partial charge < -0.3 is 24.6 Å². The molecule has 5 atom stereocenters. The fourth-order valence-corrected chi connectivity index (χ4v) is 5.37. The maximum atomic E-state index is 13.8. The van der Waals surface area contributed by atoms with Gasteiger partial charge in [0.1, 0.15) is 12.1 Å². The summed E-state index contributed by atoms with van der Waals surface area (Å²) < 4.78 is 10.6. The Kier molecular flexibility index (Phi) is 10.3. The molecule has 37 heavy (non-hydrogen) atoms. The molecule has 0 aromatic heterocycles. The number of carbonyl (C=O) groups is 4. The summed E-state index contributed by atoms with van der Waals surface area (Å²) in [4.78, 5) is 55.0. The van der Waals surface area contributed by atoms with E-state index in [1.165, 1.54) is 0 Å². The van der Waals surface area contributed by atoms with Gasteiger partial charge in [0.25, 0.3) is 0 Å². The first-order valence-corrected chi connectivity index (χ1v) is 13.2. The van der Waals surface area contributed by atoms with Crippen LogP contribution in [0.4, 0.5) is 4.79 Å². The number of ether oxygens (including phenoxy) is 2. The van der Waals surface area contributed by atoms with Crippen LogP contribution in [0, 0.1) is 5.92 Å². The monoisotopic (exact) mass is 516 g/mol. The Balaban J connectivity index is 1.78. The summed E-state index contributed by atoms with van der Waals surface area (Å²) in [6.45, 7) is 6.54. The van der Waals surface area contributed by atoms with Crippen LogP contribution in [0.5, 0.6) is 0 Å². The summed E-state index contributed by atoms with van der Waals surface area (Å²) in [6.07, 6.45) is 2.29. The Labute approximate surface area is 219 Å². The fourth-order valence-electron chi connectivity index (χ4n) is 5.37. The lowest BCUT2D eigenvalue weighted by Gasteiger charge is -2.39. The lowest BCUT2D eigenvalue weighted by molar-refractivity contribution is -0.155. The van der Waals surface area contributed by atoms with Crippen LogP contribution in [0.1, 0.15) is 45.6 Å². The average molecular weight is 517 g/mol. The Bertz CT molecular complexity index is 942. The average Bonchev–Trinajstić information content (AvgIpc) is 3.29. The van der Waals surface area contributed by atoms with Crippen molar-refractivity contribution in [2.45, 2.75) is 70.6 Å². The molecule has 204 valence electrons. The lowest BCUT2D eigenvalue weighted by Crippen LogP contribution is -2.59. The van der Waals surface area contributed by atoms with Crippen LogP contribution >= 0.6 is 0 Å². The molecule has 10 nitrogen and oxygen atoms in total. The van der Waals surface area contributed by atoms with Crippen LogP contribution in [0.3, 0.4) is 0 Å². The van der Waals surface area contributed by atoms with Crippen LogP contribution in [0.25, 0.3) is 0 Å². The molecule has 1 aromatic carbocycles. The van der Waals surface area contributed by atoms with Crippen LogP contribution < -0.4 is 10.6 Å². The van der Waals surface area contributed by atoms with E-state index < -0.39 is 30.1 Å². The highest BCUT2D eigenvalue weighted by atomic mass is 16.5. The van der Waals surface area contributed by atoms with Gasteiger partial charge in [-0.05, 0) is 57.9 Å². The number of urea groups is 1. The fraction of sp³-hybridized carbons (Fsp3) is 0.630. The Morgan fingerprint density at radius 1 is 1.08 bits per heavy atom. The van der Waals surface area contributed by atoms with Gasteiger partial charge in [-0.25, -0.2) is 9.59 Å². The molecule has 1 aromatic rings. The smallest absolute Gasteiger partial charge is 0.328 e. The Morgan fingerprint density at radius 3 is 2.43 bits per heavy atom. The highest BCUT2D eigenvalue weighted by Gasteiger charge is 2.51. The number of rotatable bonds is 10. The zero-order chi connectivity index (χ0) is 26.9. The van der Waals surface area contributed by atoms with E-state index in [0.717, 1.165) is 5.56 Å². The summed E-state index contributed by atoms with van der Waals surface area (Å²) in [7, 11) is 1.57. The molecule has 2 aliphatic heterocycles. The minimum Gasteiger partial charge on any atom is -0.465 e. The number of amides is 3. The van der Waals surface area contributed by atoms with Crippen molar-refractivity contribution in [3.8, 4) is 0 Å². The first-order valence-electron chi connectivity index (χ1n) is 13.2. The Hall–Kier alpha value is -3.14. The summed E-state index contributed by atoms with van der Waals surface area (Å²) in [5, 5.41) is 5.81. The van der Waals surface area contributed by atoms with Crippen molar-refractivity contribution >= 4 is 23.9 Å². The highest BCUT2D eigenvalue weighted by molar-refractivity contribution is 5.89. The van der Waals surface area contributed by atoms with E-state index in [4.69, 9.17) is 9.47 Å². The molecule has 0 aliphatic carbocycles. The number of likely N-dealkylation sites (tertiary alicyclic amines) is 2.